The molecule has 22 atom stereocenters. The Kier molecular flexibility index (Phi) is 17.4. The third-order valence-electron chi connectivity index (χ3n) is 17.8. The van der Waals surface area contributed by atoms with Gasteiger partial charge in [-0.2, -0.15) is 0 Å². The summed E-state index contributed by atoms with van der Waals surface area (Å²) < 4.78 is 48.5. The number of ether oxygens (including phenoxy) is 8. The zero-order chi connectivity index (χ0) is 52.7. The fraction of sp³-hybridized carbons (Fsp3) is 0.759. The Labute approximate surface area is 426 Å². The number of carbonyl (C=O) groups excluding carboxylic acids is 3. The first-order chi connectivity index (χ1) is 34.6. The van der Waals surface area contributed by atoms with E-state index in [9.17, 15) is 55.2 Å². The van der Waals surface area contributed by atoms with Gasteiger partial charge in [0.1, 0.15) is 60.2 Å². The largest absolute Gasteiger partial charge is 0.454 e. The summed E-state index contributed by atoms with van der Waals surface area (Å²) in [5.41, 5.74) is -0.971. The van der Waals surface area contributed by atoms with E-state index in [-0.39, 0.29) is 47.4 Å². The summed E-state index contributed by atoms with van der Waals surface area (Å²) in [6.45, 7) is 9.91. The van der Waals surface area contributed by atoms with Gasteiger partial charge in [-0.1, -0.05) is 76.6 Å². The van der Waals surface area contributed by atoms with Gasteiger partial charge in [-0.15, -0.1) is 0 Å². The van der Waals surface area contributed by atoms with Crippen molar-refractivity contribution >= 4 is 23.8 Å². The Morgan fingerprint density at radius 1 is 0.795 bits per heavy atom. The van der Waals surface area contributed by atoms with Gasteiger partial charge in [0.25, 0.3) is 0 Å². The lowest BCUT2D eigenvalue weighted by Crippen LogP contribution is -2.64. The molecular formula is C54H78O19. The number of hydrogen-bond acceptors (Lipinski definition) is 19. The molecule has 0 radical (unpaired) electrons. The van der Waals surface area contributed by atoms with E-state index in [1.165, 1.54) is 11.6 Å². The summed E-state index contributed by atoms with van der Waals surface area (Å²) >= 11 is 0. The second kappa shape index (κ2) is 22.8. The summed E-state index contributed by atoms with van der Waals surface area (Å²) in [5.74, 6) is -2.39. The van der Waals surface area contributed by atoms with Crippen LogP contribution in [0.15, 0.2) is 48.1 Å². The minimum atomic E-state index is -1.76. The van der Waals surface area contributed by atoms with E-state index in [1.807, 2.05) is 26.8 Å². The molecule has 0 amide bonds. The Balaban J connectivity index is 1.05. The van der Waals surface area contributed by atoms with E-state index in [1.54, 1.807) is 31.2 Å². The molecule has 3 heterocycles. The highest BCUT2D eigenvalue weighted by atomic mass is 16.8. The maximum absolute atomic E-state index is 14.3. The van der Waals surface area contributed by atoms with Crippen LogP contribution in [0.2, 0.25) is 0 Å². The molecule has 73 heavy (non-hydrogen) atoms. The summed E-state index contributed by atoms with van der Waals surface area (Å²) in [5, 5.41) is 88.0. The van der Waals surface area contributed by atoms with Crippen molar-refractivity contribution in [2.75, 3.05) is 19.8 Å². The number of hydrogen-bond donors (Lipinski definition) is 8. The summed E-state index contributed by atoms with van der Waals surface area (Å²) in [6, 6.07) is 8.94. The second-order valence-electron chi connectivity index (χ2n) is 22.6. The average Bonchev–Trinajstić information content (AvgIpc) is 3.59. The topological polar surface area (TPSA) is 287 Å². The van der Waals surface area contributed by atoms with E-state index < -0.39 is 135 Å². The van der Waals surface area contributed by atoms with E-state index in [2.05, 4.69) is 13.0 Å². The van der Waals surface area contributed by atoms with Crippen molar-refractivity contribution in [2.45, 2.75) is 197 Å². The molecule has 3 saturated heterocycles. The highest BCUT2D eigenvalue weighted by Crippen LogP contribution is 2.69. The molecule has 0 bridgehead atoms. The van der Waals surface area contributed by atoms with Crippen molar-refractivity contribution in [3.8, 4) is 0 Å². The summed E-state index contributed by atoms with van der Waals surface area (Å²) in [4.78, 5) is 40.4. The number of rotatable bonds is 16. The number of ketones is 1. The first kappa shape index (κ1) is 56.0. The molecule has 6 fully saturated rings. The number of aliphatic hydroxyl groups excluding tert-OH is 7. The lowest BCUT2D eigenvalue weighted by Gasteiger charge is -2.59. The standard InChI is InChI=1S/C54H78O19/c1-27(2)12-16-36(57)28(3)54(65)40(23-35-33-15-14-31-22-32(18-20-52(31,5)34(33)19-21-53(35,54)6)69-49-45(64)44(63)43(62)39(24-55)70-49)71-51-48(68-29(4)56)46(38(59)26-67-51)73-50-47(42(61)37(58)25-66-50)72-41(60)17-13-30-10-8-7-9-11-30/h7-11,13-14,17,27-28,32-35,37-40,42-51,55,58-59,61-65H,12,15-16,18-26H2,1-6H3/t28-,32+,33-,34+,35+,37-,38+,39-,40-,42+,43-,44+,45-,46+,47-,48-,49-,50+,51+,52+,53+,54-/m1/s1. The molecule has 408 valence electrons. The minimum absolute atomic E-state index is 0.0513. The van der Waals surface area contributed by atoms with Crippen LogP contribution in [-0.4, -0.2) is 176 Å². The number of Topliss-reactive ketones (excluding diaryl/α,β-unsaturated/α-hetero) is 1. The molecule has 3 aliphatic heterocycles. The third kappa shape index (κ3) is 11.0. The number of benzene rings is 1. The Bertz CT molecular complexity index is 2140. The summed E-state index contributed by atoms with van der Waals surface area (Å²) in [7, 11) is 0. The van der Waals surface area contributed by atoms with Gasteiger partial charge in [0, 0.05) is 30.8 Å². The molecule has 19 heteroatoms. The van der Waals surface area contributed by atoms with Gasteiger partial charge in [0.15, 0.2) is 31.1 Å². The molecule has 4 aliphatic carbocycles. The van der Waals surface area contributed by atoms with Crippen LogP contribution in [0.5, 0.6) is 0 Å². The molecule has 7 aliphatic rings. The van der Waals surface area contributed by atoms with E-state index in [4.69, 9.17) is 37.9 Å². The highest BCUT2D eigenvalue weighted by molar-refractivity contribution is 5.87. The Morgan fingerprint density at radius 3 is 2.18 bits per heavy atom. The van der Waals surface area contributed by atoms with Crippen LogP contribution in [-0.2, 0) is 52.3 Å². The summed E-state index contributed by atoms with van der Waals surface area (Å²) in [6.07, 6.45) is -10.7. The number of aliphatic hydroxyl groups is 8. The second-order valence-corrected chi connectivity index (χ2v) is 22.6. The first-order valence-corrected chi connectivity index (χ1v) is 26.2. The van der Waals surface area contributed by atoms with Crippen molar-refractivity contribution in [1.82, 2.24) is 0 Å². The lowest BCUT2D eigenvalue weighted by molar-refractivity contribution is -0.346. The zero-order valence-corrected chi connectivity index (χ0v) is 42.7. The normalized spacial score (nSPS) is 44.1. The molecule has 0 spiro atoms. The number of fused-ring (bicyclic) bond motifs is 5. The maximum Gasteiger partial charge on any atom is 0.331 e. The van der Waals surface area contributed by atoms with Gasteiger partial charge < -0.3 is 78.7 Å². The molecule has 8 N–H and O–H groups in total. The molecule has 19 nitrogen and oxygen atoms in total. The average molecular weight is 1030 g/mol. The van der Waals surface area contributed by atoms with E-state index >= 15 is 0 Å². The van der Waals surface area contributed by atoms with Crippen molar-refractivity contribution in [2.24, 2.45) is 40.4 Å². The molecule has 3 saturated carbocycles. The SMILES string of the molecule is CC(=O)O[C@H]1[C@H](O[C@@H]2C[C@H]3[C@@H]4CC=C5C[C@@H](O[C@@H]6O[C@H](CO)[C@@H](O)[C@H](O)[C@H]6O)CC[C@]5(C)[C@H]4CC[C@]3(C)[C@@]2(O)[C@H](C)C(=O)CCC(C)C)OC[C@H](O)[C@@H]1O[C@@H]1OC[C@@H](O)[C@H](O)[C@H]1OC(=O)C=Cc1ccccc1. The van der Waals surface area contributed by atoms with E-state index in [0.717, 1.165) is 25.8 Å². The molecule has 0 aromatic heterocycles. The quantitative estimate of drug-likeness (QED) is 0.0669. The first-order valence-electron chi connectivity index (χ1n) is 26.2. The van der Waals surface area contributed by atoms with Crippen molar-refractivity contribution in [1.29, 1.82) is 0 Å². The van der Waals surface area contributed by atoms with Gasteiger partial charge in [-0.3, -0.25) is 9.59 Å². The monoisotopic (exact) mass is 1030 g/mol. The van der Waals surface area contributed by atoms with Crippen LogP contribution in [0.1, 0.15) is 105 Å². The Hall–Kier alpha value is -3.25. The van der Waals surface area contributed by atoms with E-state index in [0.29, 0.717) is 44.1 Å². The molecular weight excluding hydrogens is 953 g/mol. The van der Waals surface area contributed by atoms with Crippen LogP contribution < -0.4 is 0 Å². The molecule has 8 rings (SSSR count). The van der Waals surface area contributed by atoms with Crippen LogP contribution >= 0.6 is 0 Å². The van der Waals surface area contributed by atoms with Crippen molar-refractivity contribution in [3.05, 3.63) is 53.6 Å². The highest BCUT2D eigenvalue weighted by Gasteiger charge is 2.71. The number of carbonyl (C=O) groups is 3. The van der Waals surface area contributed by atoms with Crippen LogP contribution in [0, 0.1) is 40.4 Å². The van der Waals surface area contributed by atoms with Crippen LogP contribution in [0.3, 0.4) is 0 Å². The van der Waals surface area contributed by atoms with Gasteiger partial charge in [0.2, 0.25) is 0 Å². The minimum Gasteiger partial charge on any atom is -0.454 e. The predicted molar refractivity (Wildman–Crippen MR) is 257 cm³/mol. The Morgan fingerprint density at radius 2 is 1.49 bits per heavy atom. The van der Waals surface area contributed by atoms with Gasteiger partial charge in [-0.25, -0.2) is 4.79 Å². The number of esters is 2. The van der Waals surface area contributed by atoms with Gasteiger partial charge in [0.05, 0.1) is 32.0 Å². The predicted octanol–water partition coefficient (Wildman–Crippen LogP) is 2.24. The maximum atomic E-state index is 14.3. The zero-order valence-electron chi connectivity index (χ0n) is 42.7. The fourth-order valence-electron chi connectivity index (χ4n) is 13.6. The van der Waals surface area contributed by atoms with Gasteiger partial charge in [-0.05, 0) is 92.1 Å². The lowest BCUT2D eigenvalue weighted by atomic mass is 9.46. The third-order valence-corrected chi connectivity index (χ3v) is 17.8. The number of allylic oxidation sites excluding steroid dienone is 1. The van der Waals surface area contributed by atoms with Gasteiger partial charge >= 0.3 is 11.9 Å². The van der Waals surface area contributed by atoms with Crippen LogP contribution in [0.25, 0.3) is 6.08 Å². The smallest absolute Gasteiger partial charge is 0.331 e. The molecule has 0 unspecified atom stereocenters. The van der Waals surface area contributed by atoms with Crippen LogP contribution in [0.4, 0.5) is 0 Å². The fourth-order valence-corrected chi connectivity index (χ4v) is 13.6. The molecule has 1 aromatic carbocycles. The van der Waals surface area contributed by atoms with Crippen molar-refractivity contribution in [3.63, 3.8) is 0 Å². The molecule has 1 aromatic rings. The van der Waals surface area contributed by atoms with Crippen molar-refractivity contribution < 1.29 is 93.1 Å².